The Bertz CT molecular complexity index is 578. The summed E-state index contributed by atoms with van der Waals surface area (Å²) in [7, 11) is 0. The Morgan fingerprint density at radius 2 is 1.71 bits per heavy atom. The van der Waals surface area contributed by atoms with Crippen molar-refractivity contribution in [1.82, 2.24) is 4.90 Å². The van der Waals surface area contributed by atoms with Gasteiger partial charge in [0.05, 0.1) is 0 Å². The van der Waals surface area contributed by atoms with Crippen molar-refractivity contribution in [2.75, 3.05) is 0 Å². The first-order valence-electron chi connectivity index (χ1n) is 8.00. The number of nitrogens with zero attached hydrogens (tertiary/aromatic N) is 1. The van der Waals surface area contributed by atoms with Crippen LogP contribution in [0, 0.1) is 0 Å². The third-order valence-corrected chi connectivity index (χ3v) is 3.72. The van der Waals surface area contributed by atoms with Crippen molar-refractivity contribution in [3.05, 3.63) is 35.9 Å². The quantitative estimate of drug-likeness (QED) is 0.759. The van der Waals surface area contributed by atoms with Gasteiger partial charge in [-0.3, -0.25) is 9.59 Å². The van der Waals surface area contributed by atoms with E-state index in [-0.39, 0.29) is 25.2 Å². The smallest absolute Gasteiger partial charge is 0.326 e. The number of carboxylic acids is 1. The molecule has 3 N–H and O–H groups in total. The van der Waals surface area contributed by atoms with E-state index in [1.807, 2.05) is 30.3 Å². The Labute approximate surface area is 142 Å². The van der Waals surface area contributed by atoms with Crippen LogP contribution in [-0.2, 0) is 20.8 Å². The zero-order valence-corrected chi connectivity index (χ0v) is 14.5. The van der Waals surface area contributed by atoms with Gasteiger partial charge >= 0.3 is 5.97 Å². The molecule has 2 amide bonds. The Balaban J connectivity index is 2.91. The second kappa shape index (κ2) is 8.47. The highest BCUT2D eigenvalue weighted by molar-refractivity contribution is 5.85. The first kappa shape index (κ1) is 19.7. The molecule has 0 aromatic heterocycles. The third-order valence-electron chi connectivity index (χ3n) is 3.72. The number of hydrogen-bond acceptors (Lipinski definition) is 3. The van der Waals surface area contributed by atoms with E-state index in [0.29, 0.717) is 6.42 Å². The zero-order valence-electron chi connectivity index (χ0n) is 14.5. The highest BCUT2D eigenvalue weighted by Gasteiger charge is 2.36. The Morgan fingerprint density at radius 1 is 1.12 bits per heavy atom. The molecule has 1 atom stereocenters. The first-order valence-corrected chi connectivity index (χ1v) is 8.00. The van der Waals surface area contributed by atoms with Gasteiger partial charge in [-0.2, -0.15) is 0 Å². The van der Waals surface area contributed by atoms with Crippen LogP contribution in [0.4, 0.5) is 0 Å². The number of amides is 2. The molecule has 6 heteroatoms. The number of aliphatic carboxylic acids is 1. The minimum Gasteiger partial charge on any atom is -0.480 e. The van der Waals surface area contributed by atoms with Gasteiger partial charge < -0.3 is 15.7 Å². The molecule has 1 aromatic rings. The van der Waals surface area contributed by atoms with Crippen LogP contribution in [0.2, 0.25) is 0 Å². The molecule has 0 bridgehead atoms. The van der Waals surface area contributed by atoms with Gasteiger partial charge in [0.1, 0.15) is 6.04 Å². The van der Waals surface area contributed by atoms with E-state index in [9.17, 15) is 19.5 Å². The van der Waals surface area contributed by atoms with Crippen molar-refractivity contribution in [3.63, 3.8) is 0 Å². The van der Waals surface area contributed by atoms with E-state index in [2.05, 4.69) is 0 Å². The Morgan fingerprint density at radius 3 is 2.17 bits per heavy atom. The number of carbonyl (C=O) groups is 3. The van der Waals surface area contributed by atoms with Gasteiger partial charge in [0, 0.05) is 18.4 Å². The van der Waals surface area contributed by atoms with Crippen LogP contribution in [0.25, 0.3) is 0 Å². The molecule has 0 aliphatic carbocycles. The van der Waals surface area contributed by atoms with Gasteiger partial charge in [-0.1, -0.05) is 30.3 Å². The largest absolute Gasteiger partial charge is 0.480 e. The highest BCUT2D eigenvalue weighted by atomic mass is 16.4. The van der Waals surface area contributed by atoms with E-state index < -0.39 is 23.5 Å². The summed E-state index contributed by atoms with van der Waals surface area (Å²) in [5.74, 6) is -1.95. The van der Waals surface area contributed by atoms with Gasteiger partial charge in [0.2, 0.25) is 11.8 Å². The first-order chi connectivity index (χ1) is 11.1. The molecule has 0 saturated heterocycles. The standard InChI is InChI=1S/C18H26N2O4/c1-18(2,3)20(14(17(23)24)10-11-15(19)21)16(22)12-9-13-7-5-4-6-8-13/h4-8,14H,9-12H2,1-3H3,(H2,19,21)(H,23,24)/t14-/m0/s1. The van der Waals surface area contributed by atoms with E-state index in [4.69, 9.17) is 5.73 Å². The van der Waals surface area contributed by atoms with Gasteiger partial charge in [0.25, 0.3) is 0 Å². The average Bonchev–Trinajstić information content (AvgIpc) is 2.48. The van der Waals surface area contributed by atoms with Crippen LogP contribution in [0.15, 0.2) is 30.3 Å². The van der Waals surface area contributed by atoms with Crippen molar-refractivity contribution in [1.29, 1.82) is 0 Å². The number of hydrogen-bond donors (Lipinski definition) is 2. The third kappa shape index (κ3) is 6.02. The number of rotatable bonds is 8. The van der Waals surface area contributed by atoms with Crippen LogP contribution < -0.4 is 5.73 Å². The number of carboxylic acid groups (broad SMARTS) is 1. The lowest BCUT2D eigenvalue weighted by Crippen LogP contribution is -2.55. The predicted octanol–water partition coefficient (Wildman–Crippen LogP) is 1.97. The lowest BCUT2D eigenvalue weighted by molar-refractivity contribution is -0.155. The van der Waals surface area contributed by atoms with Crippen LogP contribution in [0.1, 0.15) is 45.6 Å². The summed E-state index contributed by atoms with van der Waals surface area (Å²) in [4.78, 5) is 36.7. The van der Waals surface area contributed by atoms with Gasteiger partial charge in [-0.15, -0.1) is 0 Å². The molecule has 0 aliphatic rings. The molecule has 0 aliphatic heterocycles. The molecule has 132 valence electrons. The number of benzene rings is 1. The van der Waals surface area contributed by atoms with Crippen LogP contribution in [0.3, 0.4) is 0 Å². The Hall–Kier alpha value is -2.37. The van der Waals surface area contributed by atoms with Crippen molar-refractivity contribution < 1.29 is 19.5 Å². The molecule has 0 fully saturated rings. The normalized spacial score (nSPS) is 12.5. The number of carbonyl (C=O) groups excluding carboxylic acids is 2. The summed E-state index contributed by atoms with van der Waals surface area (Å²) >= 11 is 0. The molecule has 0 saturated carbocycles. The van der Waals surface area contributed by atoms with Crippen LogP contribution in [0.5, 0.6) is 0 Å². The van der Waals surface area contributed by atoms with E-state index in [1.165, 1.54) is 4.90 Å². The van der Waals surface area contributed by atoms with Crippen LogP contribution in [-0.4, -0.2) is 39.4 Å². The molecule has 1 aromatic carbocycles. The molecule has 0 unspecified atom stereocenters. The maximum absolute atomic E-state index is 12.7. The molecular weight excluding hydrogens is 308 g/mol. The fourth-order valence-electron chi connectivity index (χ4n) is 2.67. The SMILES string of the molecule is CC(C)(C)N(C(=O)CCc1ccccc1)[C@@H](CCC(N)=O)C(=O)O. The van der Waals surface area contributed by atoms with Gasteiger partial charge in [-0.05, 0) is 39.2 Å². The van der Waals surface area contributed by atoms with E-state index in [1.54, 1.807) is 20.8 Å². The summed E-state index contributed by atoms with van der Waals surface area (Å²) in [6.07, 6.45) is 0.685. The summed E-state index contributed by atoms with van der Waals surface area (Å²) in [6, 6.07) is 8.48. The zero-order chi connectivity index (χ0) is 18.3. The number of aryl methyl sites for hydroxylation is 1. The number of primary amides is 1. The summed E-state index contributed by atoms with van der Waals surface area (Å²) in [5.41, 5.74) is 5.47. The lowest BCUT2D eigenvalue weighted by atomic mass is 9.98. The molecule has 24 heavy (non-hydrogen) atoms. The van der Waals surface area contributed by atoms with Crippen LogP contribution >= 0.6 is 0 Å². The molecule has 0 spiro atoms. The highest BCUT2D eigenvalue weighted by Crippen LogP contribution is 2.22. The number of nitrogens with two attached hydrogens (primary N) is 1. The van der Waals surface area contributed by atoms with Crippen molar-refractivity contribution >= 4 is 17.8 Å². The molecule has 6 nitrogen and oxygen atoms in total. The fourth-order valence-corrected chi connectivity index (χ4v) is 2.67. The monoisotopic (exact) mass is 334 g/mol. The van der Waals surface area contributed by atoms with Crippen molar-refractivity contribution in [2.45, 2.75) is 58.0 Å². The summed E-state index contributed by atoms with van der Waals surface area (Å²) in [6.45, 7) is 5.36. The summed E-state index contributed by atoms with van der Waals surface area (Å²) in [5, 5.41) is 9.51. The van der Waals surface area contributed by atoms with Gasteiger partial charge in [0.15, 0.2) is 0 Å². The molecule has 0 heterocycles. The minimum absolute atomic E-state index is 0.0129. The molecule has 1 rings (SSSR count). The fraction of sp³-hybridized carbons (Fsp3) is 0.500. The topological polar surface area (TPSA) is 101 Å². The average molecular weight is 334 g/mol. The maximum atomic E-state index is 12.7. The Kier molecular flexibility index (Phi) is 6.95. The minimum atomic E-state index is -1.13. The van der Waals surface area contributed by atoms with E-state index in [0.717, 1.165) is 5.56 Å². The summed E-state index contributed by atoms with van der Waals surface area (Å²) < 4.78 is 0. The predicted molar refractivity (Wildman–Crippen MR) is 91.2 cm³/mol. The maximum Gasteiger partial charge on any atom is 0.326 e. The van der Waals surface area contributed by atoms with Crippen molar-refractivity contribution in [3.8, 4) is 0 Å². The molecular formula is C18H26N2O4. The van der Waals surface area contributed by atoms with Gasteiger partial charge in [-0.25, -0.2) is 4.79 Å². The second-order valence-corrected chi connectivity index (χ2v) is 6.78. The molecule has 0 radical (unpaired) electrons. The van der Waals surface area contributed by atoms with E-state index >= 15 is 0 Å². The second-order valence-electron chi connectivity index (χ2n) is 6.78. The lowest BCUT2D eigenvalue weighted by Gasteiger charge is -2.40. The van der Waals surface area contributed by atoms with Crippen molar-refractivity contribution in [2.24, 2.45) is 5.73 Å².